The van der Waals surface area contributed by atoms with Gasteiger partial charge in [0.05, 0.1) is 13.2 Å². The summed E-state index contributed by atoms with van der Waals surface area (Å²) in [6, 6.07) is 4.22. The highest BCUT2D eigenvalue weighted by Gasteiger charge is 2.18. The minimum absolute atomic E-state index is 0.120. The predicted molar refractivity (Wildman–Crippen MR) is 78.9 cm³/mol. The van der Waals surface area contributed by atoms with Gasteiger partial charge in [-0.05, 0) is 56.0 Å². The molecule has 19 heavy (non-hydrogen) atoms. The lowest BCUT2D eigenvalue weighted by atomic mass is 9.94. The Labute approximate surface area is 116 Å². The number of ether oxygens (including phenoxy) is 1. The van der Waals surface area contributed by atoms with Crippen LogP contribution in [0.2, 0.25) is 0 Å². The predicted octanol–water partition coefficient (Wildman–Crippen LogP) is 2.81. The van der Waals surface area contributed by atoms with Gasteiger partial charge < -0.3 is 10.1 Å². The Morgan fingerprint density at radius 1 is 1.26 bits per heavy atom. The van der Waals surface area contributed by atoms with E-state index in [2.05, 4.69) is 33.0 Å². The zero-order valence-electron chi connectivity index (χ0n) is 12.8. The van der Waals surface area contributed by atoms with Crippen molar-refractivity contribution in [2.45, 2.75) is 53.1 Å². The largest absolute Gasteiger partial charge is 0.497 e. The van der Waals surface area contributed by atoms with Crippen LogP contribution in [-0.2, 0) is 11.2 Å². The Morgan fingerprint density at radius 2 is 1.79 bits per heavy atom. The Bertz CT molecular complexity index is 429. The average Bonchev–Trinajstić information content (AvgIpc) is 2.31. The van der Waals surface area contributed by atoms with Crippen molar-refractivity contribution in [1.82, 2.24) is 5.32 Å². The van der Waals surface area contributed by atoms with E-state index in [1.165, 1.54) is 16.7 Å². The van der Waals surface area contributed by atoms with E-state index in [1.807, 2.05) is 12.1 Å². The third-order valence-electron chi connectivity index (χ3n) is 3.34. The van der Waals surface area contributed by atoms with Crippen molar-refractivity contribution in [1.29, 1.82) is 0 Å². The van der Waals surface area contributed by atoms with E-state index in [-0.39, 0.29) is 11.8 Å². The standard InChI is InChI=1S/C16H25NO2/c1-10(2)17-16(13(5)18)9-15-11(3)7-14(19-6)8-12(15)4/h7-8,10,16-17H,9H2,1-6H3/t16-/m0/s1. The second-order valence-electron chi connectivity index (χ2n) is 5.43. The zero-order chi connectivity index (χ0) is 14.6. The second kappa shape index (κ2) is 6.71. The van der Waals surface area contributed by atoms with Crippen LogP contribution in [0.5, 0.6) is 5.75 Å². The maximum atomic E-state index is 11.7. The van der Waals surface area contributed by atoms with Crippen molar-refractivity contribution >= 4 is 5.78 Å². The van der Waals surface area contributed by atoms with E-state index >= 15 is 0 Å². The quantitative estimate of drug-likeness (QED) is 0.857. The summed E-state index contributed by atoms with van der Waals surface area (Å²) in [5, 5.41) is 3.33. The number of aryl methyl sites for hydroxylation is 2. The minimum Gasteiger partial charge on any atom is -0.497 e. The molecule has 0 saturated heterocycles. The van der Waals surface area contributed by atoms with Crippen LogP contribution in [-0.4, -0.2) is 25.0 Å². The number of hydrogen-bond acceptors (Lipinski definition) is 3. The lowest BCUT2D eigenvalue weighted by Crippen LogP contribution is -2.41. The van der Waals surface area contributed by atoms with Gasteiger partial charge in [0, 0.05) is 6.04 Å². The molecule has 0 aromatic heterocycles. The van der Waals surface area contributed by atoms with Crippen molar-refractivity contribution in [3.05, 3.63) is 28.8 Å². The molecule has 1 rings (SSSR count). The molecule has 0 aliphatic heterocycles. The van der Waals surface area contributed by atoms with Gasteiger partial charge >= 0.3 is 0 Å². The average molecular weight is 263 g/mol. The summed E-state index contributed by atoms with van der Waals surface area (Å²) in [6.45, 7) is 9.90. The fourth-order valence-corrected chi connectivity index (χ4v) is 2.32. The van der Waals surface area contributed by atoms with Crippen LogP contribution in [0, 0.1) is 13.8 Å². The summed E-state index contributed by atoms with van der Waals surface area (Å²) in [7, 11) is 1.67. The second-order valence-corrected chi connectivity index (χ2v) is 5.43. The molecule has 0 unspecified atom stereocenters. The SMILES string of the molecule is COc1cc(C)c(C[C@H](NC(C)C)C(C)=O)c(C)c1. The van der Waals surface area contributed by atoms with Crippen LogP contribution < -0.4 is 10.1 Å². The number of carbonyl (C=O) groups excluding carboxylic acids is 1. The zero-order valence-corrected chi connectivity index (χ0v) is 12.8. The van der Waals surface area contributed by atoms with Crippen molar-refractivity contribution in [3.63, 3.8) is 0 Å². The molecule has 0 amide bonds. The first-order valence-corrected chi connectivity index (χ1v) is 6.75. The number of ketones is 1. The molecule has 0 bridgehead atoms. The Hall–Kier alpha value is -1.35. The van der Waals surface area contributed by atoms with Crippen molar-refractivity contribution in [3.8, 4) is 5.75 Å². The summed E-state index contributed by atoms with van der Waals surface area (Å²) in [6.07, 6.45) is 0.731. The normalized spacial score (nSPS) is 12.6. The number of benzene rings is 1. The Kier molecular flexibility index (Phi) is 5.55. The number of Topliss-reactive ketones (excluding diaryl/α,β-unsaturated/α-hetero) is 1. The Balaban J connectivity index is 2.99. The fourth-order valence-electron chi connectivity index (χ4n) is 2.32. The first-order chi connectivity index (χ1) is 8.85. The number of carbonyl (C=O) groups is 1. The number of hydrogen-bond donors (Lipinski definition) is 1. The molecule has 0 fully saturated rings. The van der Waals surface area contributed by atoms with E-state index in [9.17, 15) is 4.79 Å². The Morgan fingerprint density at radius 3 is 2.16 bits per heavy atom. The van der Waals surface area contributed by atoms with Crippen LogP contribution in [0.15, 0.2) is 12.1 Å². The van der Waals surface area contributed by atoms with Gasteiger partial charge in [-0.2, -0.15) is 0 Å². The van der Waals surface area contributed by atoms with Gasteiger partial charge in [0.1, 0.15) is 11.5 Å². The molecule has 3 heteroatoms. The highest BCUT2D eigenvalue weighted by molar-refractivity contribution is 5.82. The van der Waals surface area contributed by atoms with Gasteiger partial charge in [-0.1, -0.05) is 13.8 Å². The molecule has 0 radical (unpaired) electrons. The van der Waals surface area contributed by atoms with E-state index < -0.39 is 0 Å². The molecule has 0 spiro atoms. The summed E-state index contributed by atoms with van der Waals surface area (Å²) in [4.78, 5) is 11.7. The van der Waals surface area contributed by atoms with Crippen LogP contribution in [0.3, 0.4) is 0 Å². The maximum absolute atomic E-state index is 11.7. The lowest BCUT2D eigenvalue weighted by molar-refractivity contribution is -0.119. The number of nitrogens with one attached hydrogen (secondary N) is 1. The van der Waals surface area contributed by atoms with Crippen LogP contribution in [0.25, 0.3) is 0 Å². The van der Waals surface area contributed by atoms with Crippen molar-refractivity contribution < 1.29 is 9.53 Å². The van der Waals surface area contributed by atoms with Gasteiger partial charge in [0.15, 0.2) is 0 Å². The minimum atomic E-state index is -0.120. The first kappa shape index (κ1) is 15.7. The molecular weight excluding hydrogens is 238 g/mol. The van der Waals surface area contributed by atoms with Crippen molar-refractivity contribution in [2.75, 3.05) is 7.11 Å². The van der Waals surface area contributed by atoms with E-state index in [1.54, 1.807) is 14.0 Å². The summed E-state index contributed by atoms with van der Waals surface area (Å²) in [5.74, 6) is 1.05. The third kappa shape index (κ3) is 4.35. The molecule has 1 atom stereocenters. The van der Waals surface area contributed by atoms with Gasteiger partial charge in [-0.15, -0.1) is 0 Å². The van der Waals surface area contributed by atoms with Gasteiger partial charge in [-0.25, -0.2) is 0 Å². The number of rotatable bonds is 6. The molecule has 1 aromatic carbocycles. The summed E-state index contributed by atoms with van der Waals surface area (Å²) < 4.78 is 5.27. The van der Waals surface area contributed by atoms with E-state index in [0.29, 0.717) is 6.04 Å². The highest BCUT2D eigenvalue weighted by atomic mass is 16.5. The van der Waals surface area contributed by atoms with Gasteiger partial charge in [0.25, 0.3) is 0 Å². The summed E-state index contributed by atoms with van der Waals surface area (Å²) >= 11 is 0. The molecule has 1 N–H and O–H groups in total. The molecule has 0 aliphatic carbocycles. The first-order valence-electron chi connectivity index (χ1n) is 6.75. The monoisotopic (exact) mass is 263 g/mol. The van der Waals surface area contributed by atoms with Crippen LogP contribution in [0.1, 0.15) is 37.5 Å². The molecule has 106 valence electrons. The third-order valence-corrected chi connectivity index (χ3v) is 3.34. The molecule has 0 saturated carbocycles. The summed E-state index contributed by atoms with van der Waals surface area (Å²) in [5.41, 5.74) is 3.58. The lowest BCUT2D eigenvalue weighted by Gasteiger charge is -2.21. The van der Waals surface area contributed by atoms with Crippen molar-refractivity contribution in [2.24, 2.45) is 0 Å². The highest BCUT2D eigenvalue weighted by Crippen LogP contribution is 2.23. The molecule has 3 nitrogen and oxygen atoms in total. The molecule has 0 heterocycles. The number of methoxy groups -OCH3 is 1. The van der Waals surface area contributed by atoms with Gasteiger partial charge in [0.2, 0.25) is 0 Å². The fraction of sp³-hybridized carbons (Fsp3) is 0.562. The van der Waals surface area contributed by atoms with Crippen LogP contribution >= 0.6 is 0 Å². The molecule has 0 aliphatic rings. The topological polar surface area (TPSA) is 38.3 Å². The van der Waals surface area contributed by atoms with E-state index in [4.69, 9.17) is 4.74 Å². The maximum Gasteiger partial charge on any atom is 0.147 e. The van der Waals surface area contributed by atoms with Gasteiger partial charge in [-0.3, -0.25) is 4.79 Å². The van der Waals surface area contributed by atoms with Crippen LogP contribution in [0.4, 0.5) is 0 Å². The smallest absolute Gasteiger partial charge is 0.147 e. The van der Waals surface area contributed by atoms with E-state index in [0.717, 1.165) is 12.2 Å². The molecular formula is C16H25NO2. The molecule has 1 aromatic rings.